The van der Waals surface area contributed by atoms with Gasteiger partial charge in [0.25, 0.3) is 0 Å². The zero-order chi connectivity index (χ0) is 14.5. The van der Waals surface area contributed by atoms with E-state index in [1.54, 1.807) is 0 Å². The molecule has 3 rings (SSSR count). The quantitative estimate of drug-likeness (QED) is 0.837. The lowest BCUT2D eigenvalue weighted by Crippen LogP contribution is -2.35. The highest BCUT2D eigenvalue weighted by Crippen LogP contribution is 2.35. The lowest BCUT2D eigenvalue weighted by Gasteiger charge is -2.37. The van der Waals surface area contributed by atoms with Crippen LogP contribution in [0.1, 0.15) is 63.5 Å². The molecule has 0 aromatic carbocycles. The van der Waals surface area contributed by atoms with E-state index in [0.717, 1.165) is 6.54 Å². The first-order valence-corrected chi connectivity index (χ1v) is 8.84. The largest absolute Gasteiger partial charge is 0.356 e. The number of aromatic nitrogens is 1. The van der Waals surface area contributed by atoms with Crippen LogP contribution in [0, 0.1) is 0 Å². The van der Waals surface area contributed by atoms with Crippen LogP contribution in [0.3, 0.4) is 0 Å². The Morgan fingerprint density at radius 1 is 1.05 bits per heavy atom. The predicted molar refractivity (Wildman–Crippen MR) is 88.8 cm³/mol. The molecule has 3 heterocycles. The molecule has 1 aromatic rings. The maximum Gasteiger partial charge on any atom is 0.133 e. The van der Waals surface area contributed by atoms with Crippen molar-refractivity contribution in [2.45, 2.75) is 57.9 Å². The van der Waals surface area contributed by atoms with Crippen molar-refractivity contribution in [3.05, 3.63) is 23.9 Å². The molecule has 0 N–H and O–H groups in total. The fourth-order valence-corrected chi connectivity index (χ4v) is 3.94. The second kappa shape index (κ2) is 7.26. The normalized spacial score (nSPS) is 24.8. The fraction of sp³-hybridized carbons (Fsp3) is 0.722. The average molecular weight is 287 g/mol. The minimum absolute atomic E-state index is 0.579. The lowest BCUT2D eigenvalue weighted by atomic mass is 9.95. The van der Waals surface area contributed by atoms with Crippen LogP contribution in [0.4, 0.5) is 5.82 Å². The van der Waals surface area contributed by atoms with Gasteiger partial charge in [-0.25, -0.2) is 4.98 Å². The molecule has 2 aliphatic heterocycles. The van der Waals surface area contributed by atoms with E-state index in [0.29, 0.717) is 6.04 Å². The third-order valence-electron chi connectivity index (χ3n) is 5.10. The molecule has 0 spiro atoms. The van der Waals surface area contributed by atoms with Crippen molar-refractivity contribution in [1.29, 1.82) is 0 Å². The molecular weight excluding hydrogens is 258 g/mol. The van der Waals surface area contributed by atoms with Gasteiger partial charge in [-0.1, -0.05) is 32.3 Å². The summed E-state index contributed by atoms with van der Waals surface area (Å²) < 4.78 is 0. The summed E-state index contributed by atoms with van der Waals surface area (Å²) in [6.45, 7) is 7.06. The smallest absolute Gasteiger partial charge is 0.133 e. The summed E-state index contributed by atoms with van der Waals surface area (Å²) in [6.07, 6.45) is 11.4. The van der Waals surface area contributed by atoms with Gasteiger partial charge in [-0.05, 0) is 44.8 Å². The lowest BCUT2D eigenvalue weighted by molar-refractivity contribution is 0.157. The van der Waals surface area contributed by atoms with Crippen molar-refractivity contribution >= 4 is 5.82 Å². The molecule has 2 fully saturated rings. The Labute approximate surface area is 129 Å². The molecule has 2 saturated heterocycles. The van der Waals surface area contributed by atoms with Gasteiger partial charge in [0.05, 0.1) is 0 Å². The van der Waals surface area contributed by atoms with E-state index in [1.807, 2.05) is 6.20 Å². The number of rotatable bonds is 3. The standard InChI is InChI=1S/C18H29N3/c1-2-20-13-8-5-11-17(20)16-10-9-12-19-18(16)21-14-6-3-4-7-15-21/h9-10,12,17H,2-8,11,13-15H2,1H3/t17-/m1/s1. The molecule has 21 heavy (non-hydrogen) atoms. The second-order valence-corrected chi connectivity index (χ2v) is 6.46. The van der Waals surface area contributed by atoms with Crippen LogP contribution in [-0.2, 0) is 0 Å². The Kier molecular flexibility index (Phi) is 5.13. The minimum Gasteiger partial charge on any atom is -0.356 e. The highest BCUT2D eigenvalue weighted by atomic mass is 15.2. The Bertz CT molecular complexity index is 438. The molecule has 116 valence electrons. The maximum atomic E-state index is 4.79. The van der Waals surface area contributed by atoms with Crippen LogP contribution < -0.4 is 4.90 Å². The number of nitrogens with zero attached hydrogens (tertiary/aromatic N) is 3. The molecule has 0 unspecified atom stereocenters. The summed E-state index contributed by atoms with van der Waals surface area (Å²) >= 11 is 0. The van der Waals surface area contributed by atoms with Gasteiger partial charge in [-0.15, -0.1) is 0 Å². The van der Waals surface area contributed by atoms with Crippen LogP contribution in [0.25, 0.3) is 0 Å². The van der Waals surface area contributed by atoms with E-state index < -0.39 is 0 Å². The molecule has 3 nitrogen and oxygen atoms in total. The summed E-state index contributed by atoms with van der Waals surface area (Å²) in [4.78, 5) is 9.97. The predicted octanol–water partition coefficient (Wildman–Crippen LogP) is 4.01. The molecule has 0 amide bonds. The zero-order valence-electron chi connectivity index (χ0n) is 13.4. The summed E-state index contributed by atoms with van der Waals surface area (Å²) in [5, 5.41) is 0. The Morgan fingerprint density at radius 3 is 2.57 bits per heavy atom. The van der Waals surface area contributed by atoms with E-state index in [9.17, 15) is 0 Å². The summed E-state index contributed by atoms with van der Waals surface area (Å²) in [5.74, 6) is 1.27. The molecule has 1 aromatic heterocycles. The Morgan fingerprint density at radius 2 is 1.81 bits per heavy atom. The van der Waals surface area contributed by atoms with Crippen molar-refractivity contribution in [1.82, 2.24) is 9.88 Å². The van der Waals surface area contributed by atoms with Crippen molar-refractivity contribution in [3.63, 3.8) is 0 Å². The van der Waals surface area contributed by atoms with Gasteiger partial charge in [-0.3, -0.25) is 4.90 Å². The zero-order valence-corrected chi connectivity index (χ0v) is 13.4. The van der Waals surface area contributed by atoms with Crippen molar-refractivity contribution in [2.75, 3.05) is 31.1 Å². The summed E-state index contributed by atoms with van der Waals surface area (Å²) in [7, 11) is 0. The topological polar surface area (TPSA) is 19.4 Å². The average Bonchev–Trinajstić information content (AvgIpc) is 2.84. The second-order valence-electron chi connectivity index (χ2n) is 6.46. The number of anilines is 1. The van der Waals surface area contributed by atoms with Gasteiger partial charge in [0.2, 0.25) is 0 Å². The van der Waals surface area contributed by atoms with Crippen LogP contribution in [0.15, 0.2) is 18.3 Å². The van der Waals surface area contributed by atoms with Gasteiger partial charge in [0, 0.05) is 30.9 Å². The Balaban J connectivity index is 1.87. The van der Waals surface area contributed by atoms with E-state index >= 15 is 0 Å². The molecule has 0 aliphatic carbocycles. The molecule has 0 saturated carbocycles. The van der Waals surface area contributed by atoms with Gasteiger partial charge in [0.15, 0.2) is 0 Å². The number of hydrogen-bond donors (Lipinski definition) is 0. The van der Waals surface area contributed by atoms with Crippen LogP contribution >= 0.6 is 0 Å². The monoisotopic (exact) mass is 287 g/mol. The van der Waals surface area contributed by atoms with Crippen molar-refractivity contribution in [2.24, 2.45) is 0 Å². The fourth-order valence-electron chi connectivity index (χ4n) is 3.94. The van der Waals surface area contributed by atoms with E-state index in [-0.39, 0.29) is 0 Å². The minimum atomic E-state index is 0.579. The van der Waals surface area contributed by atoms with Crippen LogP contribution in [0.5, 0.6) is 0 Å². The summed E-state index contributed by atoms with van der Waals surface area (Å²) in [6, 6.07) is 5.03. The highest BCUT2D eigenvalue weighted by Gasteiger charge is 2.27. The SMILES string of the molecule is CCN1CCCC[C@@H]1c1cccnc1N1CCCCCC1. The van der Waals surface area contributed by atoms with Gasteiger partial charge in [-0.2, -0.15) is 0 Å². The number of hydrogen-bond acceptors (Lipinski definition) is 3. The third-order valence-corrected chi connectivity index (χ3v) is 5.10. The molecule has 2 aliphatic rings. The number of likely N-dealkylation sites (tertiary alicyclic amines) is 1. The first kappa shape index (κ1) is 14.8. The first-order chi connectivity index (χ1) is 10.4. The highest BCUT2D eigenvalue weighted by molar-refractivity contribution is 5.48. The van der Waals surface area contributed by atoms with Gasteiger partial charge < -0.3 is 4.90 Å². The molecular formula is C18H29N3. The van der Waals surface area contributed by atoms with Crippen molar-refractivity contribution < 1.29 is 0 Å². The van der Waals surface area contributed by atoms with Crippen LogP contribution in [-0.4, -0.2) is 36.1 Å². The van der Waals surface area contributed by atoms with E-state index in [2.05, 4.69) is 28.9 Å². The number of pyridine rings is 1. The van der Waals surface area contributed by atoms with Gasteiger partial charge >= 0.3 is 0 Å². The van der Waals surface area contributed by atoms with E-state index in [1.165, 1.54) is 76.0 Å². The summed E-state index contributed by atoms with van der Waals surface area (Å²) in [5.41, 5.74) is 1.47. The van der Waals surface area contributed by atoms with Crippen molar-refractivity contribution in [3.8, 4) is 0 Å². The van der Waals surface area contributed by atoms with Crippen LogP contribution in [0.2, 0.25) is 0 Å². The first-order valence-electron chi connectivity index (χ1n) is 8.84. The third kappa shape index (κ3) is 3.39. The molecule has 3 heteroatoms. The maximum absolute atomic E-state index is 4.79. The number of piperidine rings is 1. The molecule has 1 atom stereocenters. The van der Waals surface area contributed by atoms with E-state index in [4.69, 9.17) is 4.98 Å². The molecule has 0 bridgehead atoms. The Hall–Kier alpha value is -1.09. The van der Waals surface area contributed by atoms with Gasteiger partial charge in [0.1, 0.15) is 5.82 Å². The molecule has 0 radical (unpaired) electrons.